The van der Waals surface area contributed by atoms with E-state index in [2.05, 4.69) is 43.0 Å². The maximum absolute atomic E-state index is 4.93. The zero-order valence-electron chi connectivity index (χ0n) is 19.4. The molecule has 0 bridgehead atoms. The number of nitrogens with zero attached hydrogens (tertiary/aromatic N) is 6. The fraction of sp³-hybridized carbons (Fsp3) is 0.185. The third-order valence-electron chi connectivity index (χ3n) is 5.64. The standard InChI is InChI=1S/C27H27N7/c1-33(2)23-12-13-24-26(16-23)32-27(31-24)25-11-7-10-22(30-25)19-34(17-20-8-3-5-14-28-20)18-21-9-4-6-15-29-21/h3-16H,17-19H2,1-2H3,(H,31,32). The smallest absolute Gasteiger partial charge is 0.157 e. The summed E-state index contributed by atoms with van der Waals surface area (Å²) >= 11 is 0. The Labute approximate surface area is 199 Å². The molecule has 0 aliphatic rings. The van der Waals surface area contributed by atoms with E-state index in [1.807, 2.05) is 81.1 Å². The number of benzene rings is 1. The molecule has 0 unspecified atom stereocenters. The number of nitrogens with one attached hydrogen (secondary N) is 1. The first-order valence-electron chi connectivity index (χ1n) is 11.3. The minimum Gasteiger partial charge on any atom is -0.378 e. The van der Waals surface area contributed by atoms with Gasteiger partial charge in [0.15, 0.2) is 5.82 Å². The lowest BCUT2D eigenvalue weighted by molar-refractivity contribution is 0.239. The van der Waals surface area contributed by atoms with Crippen LogP contribution in [0, 0.1) is 0 Å². The monoisotopic (exact) mass is 449 g/mol. The summed E-state index contributed by atoms with van der Waals surface area (Å²) in [6.07, 6.45) is 3.66. The zero-order chi connectivity index (χ0) is 23.3. The van der Waals surface area contributed by atoms with Gasteiger partial charge in [-0.05, 0) is 54.6 Å². The molecule has 0 saturated heterocycles. The molecule has 7 heteroatoms. The van der Waals surface area contributed by atoms with Gasteiger partial charge in [-0.15, -0.1) is 0 Å². The second kappa shape index (κ2) is 9.80. The van der Waals surface area contributed by atoms with E-state index in [0.29, 0.717) is 19.6 Å². The molecule has 4 aromatic heterocycles. The van der Waals surface area contributed by atoms with Crippen LogP contribution in [0.5, 0.6) is 0 Å². The van der Waals surface area contributed by atoms with Crippen molar-refractivity contribution in [3.05, 3.63) is 102 Å². The number of pyridine rings is 3. The van der Waals surface area contributed by atoms with Gasteiger partial charge in [0.1, 0.15) is 5.69 Å². The van der Waals surface area contributed by atoms with Crippen molar-refractivity contribution in [1.29, 1.82) is 0 Å². The summed E-state index contributed by atoms with van der Waals surface area (Å²) in [6.45, 7) is 2.09. The molecule has 5 rings (SSSR count). The average molecular weight is 450 g/mol. The minimum absolute atomic E-state index is 0.673. The van der Waals surface area contributed by atoms with Gasteiger partial charge < -0.3 is 9.88 Å². The molecule has 0 spiro atoms. The summed E-state index contributed by atoms with van der Waals surface area (Å²) in [7, 11) is 4.07. The number of aromatic nitrogens is 5. The summed E-state index contributed by atoms with van der Waals surface area (Å²) in [5, 5.41) is 0. The lowest BCUT2D eigenvalue weighted by Crippen LogP contribution is -2.24. The van der Waals surface area contributed by atoms with Gasteiger partial charge in [0.25, 0.3) is 0 Å². The number of anilines is 1. The number of imidazole rings is 1. The van der Waals surface area contributed by atoms with Gasteiger partial charge in [-0.3, -0.25) is 14.9 Å². The molecule has 1 aromatic carbocycles. The van der Waals surface area contributed by atoms with E-state index in [1.165, 1.54) is 0 Å². The van der Waals surface area contributed by atoms with Crippen LogP contribution in [-0.2, 0) is 19.6 Å². The van der Waals surface area contributed by atoms with Crippen molar-refractivity contribution in [1.82, 2.24) is 29.8 Å². The van der Waals surface area contributed by atoms with Crippen LogP contribution in [0.3, 0.4) is 0 Å². The first-order chi connectivity index (χ1) is 16.6. The van der Waals surface area contributed by atoms with Gasteiger partial charge in [0, 0.05) is 51.8 Å². The van der Waals surface area contributed by atoms with Crippen LogP contribution >= 0.6 is 0 Å². The fourth-order valence-electron chi connectivity index (χ4n) is 3.93. The normalized spacial score (nSPS) is 11.3. The molecule has 0 saturated carbocycles. The van der Waals surface area contributed by atoms with Crippen LogP contribution in [0.2, 0.25) is 0 Å². The highest BCUT2D eigenvalue weighted by atomic mass is 15.1. The molecule has 5 aromatic rings. The summed E-state index contributed by atoms with van der Waals surface area (Å²) in [6, 6.07) is 24.3. The summed E-state index contributed by atoms with van der Waals surface area (Å²) in [5.41, 5.74) is 6.89. The highest BCUT2D eigenvalue weighted by Crippen LogP contribution is 2.23. The molecule has 0 atom stereocenters. The Hall–Kier alpha value is -4.10. The van der Waals surface area contributed by atoms with E-state index in [4.69, 9.17) is 9.97 Å². The van der Waals surface area contributed by atoms with Gasteiger partial charge >= 0.3 is 0 Å². The summed E-state index contributed by atoms with van der Waals surface area (Å²) in [4.78, 5) is 26.5. The molecule has 0 fully saturated rings. The van der Waals surface area contributed by atoms with Gasteiger partial charge in [-0.25, -0.2) is 9.97 Å². The predicted octanol–water partition coefficient (Wildman–Crippen LogP) is 4.68. The maximum Gasteiger partial charge on any atom is 0.157 e. The Morgan fingerprint density at radius 3 is 2.03 bits per heavy atom. The molecule has 4 heterocycles. The van der Waals surface area contributed by atoms with E-state index in [0.717, 1.165) is 45.3 Å². The number of fused-ring (bicyclic) bond motifs is 1. The van der Waals surface area contributed by atoms with Crippen LogP contribution < -0.4 is 4.90 Å². The van der Waals surface area contributed by atoms with E-state index in [9.17, 15) is 0 Å². The molecule has 0 aliphatic heterocycles. The fourth-order valence-corrected chi connectivity index (χ4v) is 3.93. The Morgan fingerprint density at radius 2 is 1.38 bits per heavy atom. The highest BCUT2D eigenvalue weighted by molar-refractivity contribution is 5.82. The van der Waals surface area contributed by atoms with Gasteiger partial charge in [-0.2, -0.15) is 0 Å². The first kappa shape index (κ1) is 21.7. The van der Waals surface area contributed by atoms with E-state index in [1.54, 1.807) is 0 Å². The predicted molar refractivity (Wildman–Crippen MR) is 135 cm³/mol. The number of hydrogen-bond acceptors (Lipinski definition) is 6. The number of rotatable bonds is 8. The average Bonchev–Trinajstić information content (AvgIpc) is 3.29. The van der Waals surface area contributed by atoms with Crippen LogP contribution in [0.25, 0.3) is 22.6 Å². The third-order valence-corrected chi connectivity index (χ3v) is 5.64. The highest BCUT2D eigenvalue weighted by Gasteiger charge is 2.13. The van der Waals surface area contributed by atoms with Gasteiger partial charge in [-0.1, -0.05) is 18.2 Å². The quantitative estimate of drug-likeness (QED) is 0.371. The van der Waals surface area contributed by atoms with Crippen molar-refractivity contribution in [3.63, 3.8) is 0 Å². The largest absolute Gasteiger partial charge is 0.378 e. The van der Waals surface area contributed by atoms with Crippen molar-refractivity contribution in [2.75, 3.05) is 19.0 Å². The minimum atomic E-state index is 0.673. The molecule has 7 nitrogen and oxygen atoms in total. The van der Waals surface area contributed by atoms with Crippen LogP contribution in [-0.4, -0.2) is 43.9 Å². The van der Waals surface area contributed by atoms with Crippen molar-refractivity contribution < 1.29 is 0 Å². The van der Waals surface area contributed by atoms with Crippen LogP contribution in [0.1, 0.15) is 17.1 Å². The Kier molecular flexibility index (Phi) is 6.27. The summed E-state index contributed by atoms with van der Waals surface area (Å²) < 4.78 is 0. The lowest BCUT2D eigenvalue weighted by atomic mass is 10.2. The second-order valence-corrected chi connectivity index (χ2v) is 8.48. The molecular formula is C27H27N7. The van der Waals surface area contributed by atoms with E-state index in [-0.39, 0.29) is 0 Å². The van der Waals surface area contributed by atoms with E-state index >= 15 is 0 Å². The maximum atomic E-state index is 4.93. The van der Waals surface area contributed by atoms with Gasteiger partial charge in [0.05, 0.1) is 28.1 Å². The molecule has 0 radical (unpaired) electrons. The SMILES string of the molecule is CN(C)c1ccc2nc(-c3cccc(CN(Cc4ccccn4)Cc4ccccn4)n3)[nH]c2c1. The molecule has 0 aliphatic carbocycles. The Bertz CT molecular complexity index is 1320. The molecule has 34 heavy (non-hydrogen) atoms. The number of hydrogen-bond donors (Lipinski definition) is 1. The van der Waals surface area contributed by atoms with Crippen molar-refractivity contribution in [2.24, 2.45) is 0 Å². The van der Waals surface area contributed by atoms with Crippen LogP contribution in [0.4, 0.5) is 5.69 Å². The van der Waals surface area contributed by atoms with Crippen molar-refractivity contribution in [2.45, 2.75) is 19.6 Å². The summed E-state index contributed by atoms with van der Waals surface area (Å²) in [5.74, 6) is 0.772. The zero-order valence-corrected chi connectivity index (χ0v) is 19.4. The van der Waals surface area contributed by atoms with Crippen LogP contribution in [0.15, 0.2) is 85.2 Å². The third kappa shape index (κ3) is 5.10. The first-order valence-corrected chi connectivity index (χ1v) is 11.3. The Morgan fingerprint density at radius 1 is 0.706 bits per heavy atom. The molecular weight excluding hydrogens is 422 g/mol. The number of aromatic amines is 1. The molecule has 170 valence electrons. The lowest BCUT2D eigenvalue weighted by Gasteiger charge is -2.21. The second-order valence-electron chi connectivity index (χ2n) is 8.48. The van der Waals surface area contributed by atoms with E-state index < -0.39 is 0 Å². The van der Waals surface area contributed by atoms with Crippen molar-refractivity contribution >= 4 is 16.7 Å². The topological polar surface area (TPSA) is 73.8 Å². The molecule has 1 N–H and O–H groups in total. The Balaban J connectivity index is 1.40. The number of H-pyrrole nitrogens is 1. The van der Waals surface area contributed by atoms with Gasteiger partial charge in [0.2, 0.25) is 0 Å². The molecule has 0 amide bonds. The van der Waals surface area contributed by atoms with Crippen molar-refractivity contribution in [3.8, 4) is 11.5 Å².